The lowest BCUT2D eigenvalue weighted by Gasteiger charge is -2.24. The van der Waals surface area contributed by atoms with E-state index >= 15 is 0 Å². The van der Waals surface area contributed by atoms with E-state index in [-0.39, 0.29) is 41.0 Å². The maximum atomic E-state index is 14.5. The molecule has 17 heteroatoms. The fraction of sp³-hybridized carbons (Fsp3) is 0.167. The number of hydrogen-bond donors (Lipinski definition) is 4. The molecule has 0 aliphatic heterocycles. The number of aliphatic carboxylic acids is 2. The van der Waals surface area contributed by atoms with Crippen molar-refractivity contribution >= 4 is 51.0 Å². The maximum absolute atomic E-state index is 14.5. The Hall–Kier alpha value is -5.84. The molecule has 5 N–H and O–H groups in total. The van der Waals surface area contributed by atoms with Gasteiger partial charge in [0.05, 0.1) is 16.9 Å². The monoisotopic (exact) mass is 766 g/mol. The van der Waals surface area contributed by atoms with E-state index in [0.717, 1.165) is 28.8 Å². The fourth-order valence-corrected chi connectivity index (χ4v) is 6.16. The SMILES string of the molecule is Cc1ccn(-c2cc(Cl)ccc2[C@@H](Oc2ncnc3c(-c4ccc(CC(N)C(=O)O)cc4)csc23)C(F)(F)F)n1.O=C(O)CNC(=O)c1ccccc1. The van der Waals surface area contributed by atoms with Crippen LogP contribution in [0.15, 0.2) is 96.8 Å². The van der Waals surface area contributed by atoms with E-state index in [9.17, 15) is 27.6 Å². The van der Waals surface area contributed by atoms with Crippen molar-refractivity contribution in [2.45, 2.75) is 31.7 Å². The third-order valence-corrected chi connectivity index (χ3v) is 8.76. The molecule has 0 bridgehead atoms. The number of carboxylic acid groups (broad SMARTS) is 2. The van der Waals surface area contributed by atoms with E-state index < -0.39 is 30.3 Å². The topological polar surface area (TPSA) is 183 Å². The number of aromatic nitrogens is 4. The Labute approximate surface area is 308 Å². The summed E-state index contributed by atoms with van der Waals surface area (Å²) in [5, 5.41) is 25.8. The molecule has 274 valence electrons. The second kappa shape index (κ2) is 16.7. The average molecular weight is 767 g/mol. The zero-order chi connectivity index (χ0) is 38.3. The lowest BCUT2D eigenvalue weighted by atomic mass is 10.0. The third-order valence-electron chi connectivity index (χ3n) is 7.57. The first-order valence-corrected chi connectivity index (χ1v) is 16.9. The number of carboxylic acids is 2. The number of halogens is 4. The van der Waals surface area contributed by atoms with Crippen LogP contribution in [-0.4, -0.2) is 66.6 Å². The van der Waals surface area contributed by atoms with Gasteiger partial charge >= 0.3 is 18.1 Å². The summed E-state index contributed by atoms with van der Waals surface area (Å²) in [5.41, 5.74) is 9.21. The molecular formula is C36H30ClF3N6O6S. The second-order valence-electron chi connectivity index (χ2n) is 11.4. The Morgan fingerprint density at radius 3 is 2.36 bits per heavy atom. The summed E-state index contributed by atoms with van der Waals surface area (Å²) in [6, 6.07) is 20.2. The number of amides is 1. The predicted molar refractivity (Wildman–Crippen MR) is 191 cm³/mol. The lowest BCUT2D eigenvalue weighted by Crippen LogP contribution is -2.32. The van der Waals surface area contributed by atoms with Crippen molar-refractivity contribution in [1.82, 2.24) is 25.1 Å². The predicted octanol–water partition coefficient (Wildman–Crippen LogP) is 6.64. The summed E-state index contributed by atoms with van der Waals surface area (Å²) in [4.78, 5) is 40.7. The summed E-state index contributed by atoms with van der Waals surface area (Å²) in [6.45, 7) is 1.37. The molecular weight excluding hydrogens is 737 g/mol. The number of fused-ring (bicyclic) bond motifs is 1. The molecule has 0 fully saturated rings. The standard InChI is InChI=1S/C27H21ClF3N5O3S.C9H9NO3/c1-14-8-9-36(35-14)21-11-17(28)6-7-18(21)24(27(29,30)31)39-25-23-22(33-13-34-25)19(12-40-23)16-4-2-15(3-5-16)10-20(32)26(37)38;11-8(12)6-10-9(13)7-4-2-1-3-5-7/h2-9,11-13,20,24H,10,32H2,1H3,(H,37,38);1-5H,6H2,(H,10,13)(H,11,12)/t20?,24-;/m1./s1. The van der Waals surface area contributed by atoms with Crippen molar-refractivity contribution in [2.75, 3.05) is 6.54 Å². The number of nitrogens with one attached hydrogen (secondary N) is 1. The Morgan fingerprint density at radius 2 is 1.74 bits per heavy atom. The van der Waals surface area contributed by atoms with Gasteiger partial charge in [-0.15, -0.1) is 11.3 Å². The summed E-state index contributed by atoms with van der Waals surface area (Å²) < 4.78 is 50.7. The van der Waals surface area contributed by atoms with Crippen molar-refractivity contribution in [3.8, 4) is 22.7 Å². The highest BCUT2D eigenvalue weighted by Gasteiger charge is 2.45. The van der Waals surface area contributed by atoms with E-state index in [0.29, 0.717) is 27.0 Å². The van der Waals surface area contributed by atoms with Crippen molar-refractivity contribution in [1.29, 1.82) is 0 Å². The molecule has 0 aliphatic carbocycles. The quantitative estimate of drug-likeness (QED) is 0.112. The van der Waals surface area contributed by atoms with E-state index in [1.165, 1.54) is 22.9 Å². The van der Waals surface area contributed by atoms with Gasteiger partial charge < -0.3 is 26.0 Å². The van der Waals surface area contributed by atoms with Crippen LogP contribution in [0.4, 0.5) is 13.2 Å². The normalized spacial score (nSPS) is 12.3. The molecule has 3 heterocycles. The van der Waals surface area contributed by atoms with Crippen LogP contribution < -0.4 is 15.8 Å². The highest BCUT2D eigenvalue weighted by atomic mass is 35.5. The Kier molecular flexibility index (Phi) is 12.1. The third kappa shape index (κ3) is 9.73. The van der Waals surface area contributed by atoms with Gasteiger partial charge in [0.1, 0.15) is 23.6 Å². The number of alkyl halides is 3. The summed E-state index contributed by atoms with van der Waals surface area (Å²) in [5.74, 6) is -2.74. The van der Waals surface area contributed by atoms with Gasteiger partial charge in [-0.25, -0.2) is 14.6 Å². The van der Waals surface area contributed by atoms with Crippen LogP contribution in [0.25, 0.3) is 27.0 Å². The van der Waals surface area contributed by atoms with Gasteiger partial charge in [-0.1, -0.05) is 60.1 Å². The smallest absolute Gasteiger partial charge is 0.429 e. The number of nitrogens with zero attached hydrogens (tertiary/aromatic N) is 4. The number of carbonyl (C=O) groups excluding carboxylic acids is 1. The molecule has 0 saturated heterocycles. The van der Waals surface area contributed by atoms with E-state index in [1.54, 1.807) is 79.2 Å². The molecule has 0 saturated carbocycles. The molecule has 53 heavy (non-hydrogen) atoms. The van der Waals surface area contributed by atoms with E-state index in [2.05, 4.69) is 20.4 Å². The Morgan fingerprint density at radius 1 is 1.02 bits per heavy atom. The molecule has 6 rings (SSSR count). The number of rotatable bonds is 11. The van der Waals surface area contributed by atoms with Crippen LogP contribution >= 0.6 is 22.9 Å². The van der Waals surface area contributed by atoms with Crippen LogP contribution in [0.2, 0.25) is 5.02 Å². The van der Waals surface area contributed by atoms with Gasteiger partial charge in [-0.3, -0.25) is 14.4 Å². The van der Waals surface area contributed by atoms with Gasteiger partial charge in [-0.05, 0) is 54.8 Å². The number of carbonyl (C=O) groups is 3. The molecule has 0 aliphatic rings. The summed E-state index contributed by atoms with van der Waals surface area (Å²) in [7, 11) is 0. The first kappa shape index (κ1) is 38.4. The molecule has 1 amide bonds. The zero-order valence-electron chi connectivity index (χ0n) is 27.6. The molecule has 12 nitrogen and oxygen atoms in total. The van der Waals surface area contributed by atoms with Gasteiger partial charge in [0.25, 0.3) is 5.91 Å². The van der Waals surface area contributed by atoms with Crippen molar-refractivity contribution in [2.24, 2.45) is 5.73 Å². The van der Waals surface area contributed by atoms with Crippen molar-refractivity contribution < 1.29 is 42.5 Å². The minimum atomic E-state index is -4.80. The summed E-state index contributed by atoms with van der Waals surface area (Å²) in [6.07, 6.45) is -4.31. The number of ether oxygens (including phenoxy) is 1. The van der Waals surface area contributed by atoms with Gasteiger partial charge in [-0.2, -0.15) is 18.3 Å². The zero-order valence-corrected chi connectivity index (χ0v) is 29.2. The molecule has 6 aromatic rings. The molecule has 3 aromatic heterocycles. The van der Waals surface area contributed by atoms with E-state index in [4.69, 9.17) is 32.3 Å². The van der Waals surface area contributed by atoms with Crippen LogP contribution in [0, 0.1) is 6.92 Å². The van der Waals surface area contributed by atoms with E-state index in [1.807, 2.05) is 0 Å². The van der Waals surface area contributed by atoms with Gasteiger partial charge in [0, 0.05) is 33.3 Å². The molecule has 1 unspecified atom stereocenters. The maximum Gasteiger partial charge on any atom is 0.429 e. The van der Waals surface area contributed by atoms with Gasteiger partial charge in [0.15, 0.2) is 0 Å². The van der Waals surface area contributed by atoms with Crippen LogP contribution in [0.5, 0.6) is 5.88 Å². The van der Waals surface area contributed by atoms with Crippen LogP contribution in [0.1, 0.15) is 33.3 Å². The molecule has 3 aromatic carbocycles. The highest BCUT2D eigenvalue weighted by Crippen LogP contribution is 2.43. The minimum absolute atomic E-state index is 0.128. The largest absolute Gasteiger partial charge is 0.480 e. The minimum Gasteiger partial charge on any atom is -0.480 e. The lowest BCUT2D eigenvalue weighted by molar-refractivity contribution is -0.198. The molecule has 0 radical (unpaired) electrons. The van der Waals surface area contributed by atoms with Crippen LogP contribution in [0.3, 0.4) is 0 Å². The molecule has 0 spiro atoms. The van der Waals surface area contributed by atoms with Gasteiger partial charge in [0.2, 0.25) is 12.0 Å². The number of benzene rings is 3. The Balaban J connectivity index is 0.000000352. The average Bonchev–Trinajstić information content (AvgIpc) is 3.77. The number of nitrogens with two attached hydrogens (primary N) is 1. The highest BCUT2D eigenvalue weighted by molar-refractivity contribution is 7.18. The summed E-state index contributed by atoms with van der Waals surface area (Å²) >= 11 is 7.28. The van der Waals surface area contributed by atoms with Crippen molar-refractivity contribution in [3.63, 3.8) is 0 Å². The number of aryl methyl sites for hydroxylation is 1. The molecule has 2 atom stereocenters. The Bertz CT molecular complexity index is 2230. The first-order chi connectivity index (χ1) is 25.2. The van der Waals surface area contributed by atoms with Crippen LogP contribution in [-0.2, 0) is 16.0 Å². The fourth-order valence-electron chi connectivity index (χ4n) is 5.03. The second-order valence-corrected chi connectivity index (χ2v) is 12.8. The van der Waals surface area contributed by atoms with Crippen molar-refractivity contribution in [3.05, 3.63) is 124 Å². The number of hydrogen-bond acceptors (Lipinski definition) is 9. The first-order valence-electron chi connectivity index (χ1n) is 15.6. The number of thiophene rings is 1.